The molecule has 1 aromatic heterocycles. The minimum atomic E-state index is 0.995. The molecule has 12 heavy (non-hydrogen) atoms. The normalized spacial score (nSPS) is 19.2. The zero-order chi connectivity index (χ0) is 8.39. The minimum absolute atomic E-state index is 0.995. The van der Waals surface area contributed by atoms with Gasteiger partial charge in [-0.2, -0.15) is 0 Å². The molecule has 1 aliphatic rings. The Hall–Kier alpha value is -1.16. The van der Waals surface area contributed by atoms with Crippen molar-refractivity contribution < 1.29 is 0 Å². The third-order valence-corrected chi connectivity index (χ3v) is 2.06. The first-order chi connectivity index (χ1) is 5.86. The summed E-state index contributed by atoms with van der Waals surface area (Å²) in [5.74, 6) is 0. The van der Waals surface area contributed by atoms with Gasteiger partial charge in [0.15, 0.2) is 0 Å². The Morgan fingerprint density at radius 1 is 1.58 bits per heavy atom. The van der Waals surface area contributed by atoms with E-state index in [-0.39, 0.29) is 0 Å². The Morgan fingerprint density at radius 3 is 3.08 bits per heavy atom. The third-order valence-electron chi connectivity index (χ3n) is 2.06. The van der Waals surface area contributed by atoms with Crippen LogP contribution in [0.15, 0.2) is 12.3 Å². The van der Waals surface area contributed by atoms with Crippen molar-refractivity contribution in [2.75, 3.05) is 20.1 Å². The van der Waals surface area contributed by atoms with Crippen LogP contribution in [-0.4, -0.2) is 40.0 Å². The Balaban J connectivity index is 2.16. The van der Waals surface area contributed by atoms with E-state index in [1.165, 1.54) is 5.70 Å². The first kappa shape index (κ1) is 7.49. The van der Waals surface area contributed by atoms with Crippen molar-refractivity contribution in [2.24, 2.45) is 0 Å². The molecule has 2 rings (SSSR count). The van der Waals surface area contributed by atoms with Crippen LogP contribution < -0.4 is 0 Å². The summed E-state index contributed by atoms with van der Waals surface area (Å²) < 4.78 is 1.78. The Morgan fingerprint density at radius 2 is 2.50 bits per heavy atom. The zero-order valence-electron chi connectivity index (χ0n) is 7.06. The fraction of sp³-hybridized carbons (Fsp3) is 0.500. The molecule has 0 saturated heterocycles. The molecular formula is C8H11N4. The van der Waals surface area contributed by atoms with E-state index < -0.39 is 0 Å². The molecule has 2 heterocycles. The van der Waals surface area contributed by atoms with Crippen molar-refractivity contribution in [3.63, 3.8) is 0 Å². The van der Waals surface area contributed by atoms with Gasteiger partial charge in [-0.1, -0.05) is 5.21 Å². The largest absolute Gasteiger partial charge is 0.302 e. The Bertz CT molecular complexity index is 275. The maximum Gasteiger partial charge on any atom is 0.135 e. The van der Waals surface area contributed by atoms with Crippen molar-refractivity contribution in [1.29, 1.82) is 0 Å². The Labute approximate surface area is 71.5 Å². The lowest BCUT2D eigenvalue weighted by Gasteiger charge is -2.21. The molecule has 0 unspecified atom stereocenters. The molecule has 0 atom stereocenters. The van der Waals surface area contributed by atoms with Gasteiger partial charge in [-0.3, -0.25) is 0 Å². The van der Waals surface area contributed by atoms with Crippen LogP contribution in [0.3, 0.4) is 0 Å². The van der Waals surface area contributed by atoms with Gasteiger partial charge in [0, 0.05) is 25.2 Å². The van der Waals surface area contributed by atoms with Crippen LogP contribution in [0.25, 0.3) is 5.70 Å². The first-order valence-electron chi connectivity index (χ1n) is 4.02. The summed E-state index contributed by atoms with van der Waals surface area (Å²) >= 11 is 0. The molecule has 1 aromatic rings. The summed E-state index contributed by atoms with van der Waals surface area (Å²) in [6, 6.07) is 0. The highest BCUT2D eigenvalue weighted by Gasteiger charge is 2.08. The number of aromatic nitrogens is 3. The lowest BCUT2D eigenvalue weighted by atomic mass is 10.2. The van der Waals surface area contributed by atoms with E-state index in [1.54, 1.807) is 10.9 Å². The number of likely N-dealkylation sites (N-methyl/N-ethyl adjacent to an activating group) is 1. The van der Waals surface area contributed by atoms with Crippen molar-refractivity contribution >= 4 is 5.70 Å². The van der Waals surface area contributed by atoms with Crippen LogP contribution >= 0.6 is 0 Å². The van der Waals surface area contributed by atoms with Gasteiger partial charge in [0.1, 0.15) is 6.20 Å². The number of hydrogen-bond acceptors (Lipinski definition) is 3. The molecular weight excluding hydrogens is 152 g/mol. The fourth-order valence-electron chi connectivity index (χ4n) is 1.29. The van der Waals surface area contributed by atoms with Gasteiger partial charge < -0.3 is 4.90 Å². The van der Waals surface area contributed by atoms with E-state index in [0.29, 0.717) is 0 Å². The molecule has 0 N–H and O–H groups in total. The van der Waals surface area contributed by atoms with E-state index in [1.807, 2.05) is 0 Å². The van der Waals surface area contributed by atoms with E-state index in [2.05, 4.69) is 34.5 Å². The number of nitrogens with zero attached hydrogens (tertiary/aromatic N) is 4. The lowest BCUT2D eigenvalue weighted by molar-refractivity contribution is 0.365. The molecule has 4 heteroatoms. The number of hydrogen-bond donors (Lipinski definition) is 0. The predicted molar refractivity (Wildman–Crippen MR) is 45.2 cm³/mol. The maximum absolute atomic E-state index is 3.89. The van der Waals surface area contributed by atoms with Crippen LogP contribution in [0.1, 0.15) is 6.42 Å². The standard InChI is InChI=1S/C8H11N4/c1-11-5-2-8(3-6-11)12-7-4-9-10-12/h2,7H,3,5-6H2,1H3. The van der Waals surface area contributed by atoms with Gasteiger partial charge in [-0.05, 0) is 13.1 Å². The van der Waals surface area contributed by atoms with Gasteiger partial charge in [-0.15, -0.1) is 5.10 Å². The summed E-state index contributed by atoms with van der Waals surface area (Å²) in [5.41, 5.74) is 1.22. The average Bonchev–Trinajstić information content (AvgIpc) is 2.58. The predicted octanol–water partition coefficient (Wildman–Crippen LogP) is 0.255. The van der Waals surface area contributed by atoms with Gasteiger partial charge in [0.25, 0.3) is 0 Å². The smallest absolute Gasteiger partial charge is 0.135 e. The molecule has 63 valence electrons. The topological polar surface area (TPSA) is 34.0 Å². The second-order valence-corrected chi connectivity index (χ2v) is 3.00. The van der Waals surface area contributed by atoms with Crippen LogP contribution in [0.2, 0.25) is 0 Å². The molecule has 0 saturated carbocycles. The average molecular weight is 163 g/mol. The first-order valence-corrected chi connectivity index (χ1v) is 4.02. The zero-order valence-corrected chi connectivity index (χ0v) is 7.06. The molecule has 1 radical (unpaired) electrons. The summed E-state index contributed by atoms with van der Waals surface area (Å²) in [7, 11) is 2.11. The fourth-order valence-corrected chi connectivity index (χ4v) is 1.29. The van der Waals surface area contributed by atoms with Crippen LogP contribution in [-0.2, 0) is 0 Å². The van der Waals surface area contributed by atoms with Crippen molar-refractivity contribution in [3.8, 4) is 0 Å². The lowest BCUT2D eigenvalue weighted by Crippen LogP contribution is -2.25. The molecule has 0 fully saturated rings. The van der Waals surface area contributed by atoms with E-state index in [0.717, 1.165) is 19.5 Å². The summed E-state index contributed by atoms with van der Waals surface area (Å²) in [4.78, 5) is 2.27. The van der Waals surface area contributed by atoms with Crippen molar-refractivity contribution in [2.45, 2.75) is 6.42 Å². The second-order valence-electron chi connectivity index (χ2n) is 3.00. The van der Waals surface area contributed by atoms with E-state index in [4.69, 9.17) is 0 Å². The monoisotopic (exact) mass is 163 g/mol. The van der Waals surface area contributed by atoms with Gasteiger partial charge in [-0.25, -0.2) is 4.68 Å². The third kappa shape index (κ3) is 1.38. The van der Waals surface area contributed by atoms with Crippen molar-refractivity contribution in [3.05, 3.63) is 18.5 Å². The van der Waals surface area contributed by atoms with Gasteiger partial charge in [0.05, 0.1) is 6.20 Å². The molecule has 0 bridgehead atoms. The molecule has 0 amide bonds. The summed E-state index contributed by atoms with van der Waals surface area (Å²) in [6.45, 7) is 2.08. The summed E-state index contributed by atoms with van der Waals surface area (Å²) in [6.07, 6.45) is 7.65. The van der Waals surface area contributed by atoms with Crippen LogP contribution in [0, 0.1) is 6.20 Å². The number of rotatable bonds is 1. The molecule has 0 spiro atoms. The SMILES string of the molecule is CN1CC=C(n2c[c]nn2)CC1. The minimum Gasteiger partial charge on any atom is -0.302 e. The Kier molecular flexibility index (Phi) is 1.91. The van der Waals surface area contributed by atoms with Gasteiger partial charge in [0.2, 0.25) is 0 Å². The molecule has 1 aliphatic heterocycles. The van der Waals surface area contributed by atoms with Gasteiger partial charge >= 0.3 is 0 Å². The highest BCUT2D eigenvalue weighted by atomic mass is 15.4. The maximum atomic E-state index is 3.89. The van der Waals surface area contributed by atoms with E-state index in [9.17, 15) is 0 Å². The second kappa shape index (κ2) is 3.06. The quantitative estimate of drug-likeness (QED) is 0.595. The van der Waals surface area contributed by atoms with Crippen LogP contribution in [0.4, 0.5) is 0 Å². The highest BCUT2D eigenvalue weighted by Crippen LogP contribution is 2.12. The van der Waals surface area contributed by atoms with Crippen LogP contribution in [0.5, 0.6) is 0 Å². The molecule has 0 aliphatic carbocycles. The van der Waals surface area contributed by atoms with E-state index >= 15 is 0 Å². The molecule has 0 aromatic carbocycles. The highest BCUT2D eigenvalue weighted by molar-refractivity contribution is 5.44. The summed E-state index contributed by atoms with van der Waals surface area (Å²) in [5, 5.41) is 7.54. The van der Waals surface area contributed by atoms with Crippen molar-refractivity contribution in [1.82, 2.24) is 19.9 Å². The molecule has 4 nitrogen and oxygen atoms in total.